The Labute approximate surface area is 114 Å². The van der Waals surface area contributed by atoms with Gasteiger partial charge in [-0.1, -0.05) is 15.9 Å². The Morgan fingerprint density at radius 1 is 1.24 bits per heavy atom. The van der Waals surface area contributed by atoms with E-state index in [2.05, 4.69) is 20.8 Å². The average Bonchev–Trinajstić information content (AvgIpc) is 2.84. The smallest absolute Gasteiger partial charge is 0.0586 e. The van der Waals surface area contributed by atoms with Crippen LogP contribution in [0.5, 0.6) is 0 Å². The van der Waals surface area contributed by atoms with E-state index in [1.807, 2.05) is 7.11 Å². The highest BCUT2D eigenvalue weighted by Crippen LogP contribution is 2.31. The second kappa shape index (κ2) is 7.10. The van der Waals surface area contributed by atoms with Gasteiger partial charge in [0, 0.05) is 24.5 Å². The summed E-state index contributed by atoms with van der Waals surface area (Å²) in [6.45, 7) is 1.33. The molecule has 2 fully saturated rings. The maximum Gasteiger partial charge on any atom is 0.0586 e. The van der Waals surface area contributed by atoms with Crippen LogP contribution in [-0.4, -0.2) is 42.1 Å². The van der Waals surface area contributed by atoms with Crippen LogP contribution in [0.25, 0.3) is 0 Å². The highest BCUT2D eigenvalue weighted by atomic mass is 79.9. The number of likely N-dealkylation sites (tertiary alicyclic amines) is 1. The molecule has 0 aromatic carbocycles. The fourth-order valence-corrected chi connectivity index (χ4v) is 3.92. The van der Waals surface area contributed by atoms with Crippen LogP contribution in [0.2, 0.25) is 0 Å². The molecule has 100 valence electrons. The second-order valence-corrected chi connectivity index (χ2v) is 6.34. The first-order valence-electron chi connectivity index (χ1n) is 7.19. The lowest BCUT2D eigenvalue weighted by molar-refractivity contribution is 0.0233. The van der Waals surface area contributed by atoms with E-state index in [1.165, 1.54) is 57.9 Å². The minimum absolute atomic E-state index is 0.520. The Balaban J connectivity index is 1.86. The van der Waals surface area contributed by atoms with E-state index in [-0.39, 0.29) is 0 Å². The lowest BCUT2D eigenvalue weighted by Gasteiger charge is -2.38. The molecule has 0 aromatic heterocycles. The number of hydrogen-bond acceptors (Lipinski definition) is 2. The van der Waals surface area contributed by atoms with Crippen LogP contribution in [0.3, 0.4) is 0 Å². The third-order valence-electron chi connectivity index (χ3n) is 4.49. The molecule has 3 unspecified atom stereocenters. The minimum atomic E-state index is 0.520. The van der Waals surface area contributed by atoms with Crippen molar-refractivity contribution in [2.75, 3.05) is 19.0 Å². The number of rotatable bonds is 5. The molecule has 1 saturated heterocycles. The van der Waals surface area contributed by atoms with Crippen LogP contribution in [-0.2, 0) is 4.74 Å². The first-order chi connectivity index (χ1) is 8.35. The lowest BCUT2D eigenvalue weighted by Crippen LogP contribution is -2.43. The topological polar surface area (TPSA) is 12.5 Å². The maximum atomic E-state index is 5.56. The Kier molecular flexibility index (Phi) is 5.78. The normalized spacial score (nSPS) is 35.3. The van der Waals surface area contributed by atoms with Gasteiger partial charge < -0.3 is 4.74 Å². The minimum Gasteiger partial charge on any atom is -0.381 e. The summed E-state index contributed by atoms with van der Waals surface area (Å²) in [5.41, 5.74) is 0. The van der Waals surface area contributed by atoms with Gasteiger partial charge in [-0.25, -0.2) is 0 Å². The van der Waals surface area contributed by atoms with E-state index < -0.39 is 0 Å². The quantitative estimate of drug-likeness (QED) is 0.720. The zero-order valence-electron chi connectivity index (χ0n) is 11.0. The van der Waals surface area contributed by atoms with Crippen molar-refractivity contribution in [3.63, 3.8) is 0 Å². The van der Waals surface area contributed by atoms with E-state index in [0.29, 0.717) is 6.10 Å². The molecule has 1 saturated carbocycles. The first kappa shape index (κ1) is 13.8. The molecule has 0 bridgehead atoms. The van der Waals surface area contributed by atoms with Crippen molar-refractivity contribution in [2.24, 2.45) is 0 Å². The molecular weight excluding hydrogens is 278 g/mol. The molecule has 3 atom stereocenters. The van der Waals surface area contributed by atoms with Gasteiger partial charge in [0.2, 0.25) is 0 Å². The van der Waals surface area contributed by atoms with Crippen molar-refractivity contribution in [3.8, 4) is 0 Å². The molecule has 2 rings (SSSR count). The standard InChI is InChI=1S/C14H26BrNO/c1-17-14-8-2-5-13(11-14)16-10-4-7-12(16)6-3-9-15/h12-14H,2-11H2,1H3. The number of halogens is 1. The van der Waals surface area contributed by atoms with Crippen molar-refractivity contribution in [3.05, 3.63) is 0 Å². The highest BCUT2D eigenvalue weighted by molar-refractivity contribution is 9.09. The van der Waals surface area contributed by atoms with Crippen molar-refractivity contribution in [1.82, 2.24) is 4.90 Å². The largest absolute Gasteiger partial charge is 0.381 e. The van der Waals surface area contributed by atoms with Crippen LogP contribution in [0.15, 0.2) is 0 Å². The third kappa shape index (κ3) is 3.68. The molecule has 2 aliphatic rings. The van der Waals surface area contributed by atoms with Crippen LogP contribution in [0, 0.1) is 0 Å². The zero-order chi connectivity index (χ0) is 12.1. The molecular formula is C14H26BrNO. The van der Waals surface area contributed by atoms with Crippen LogP contribution in [0.4, 0.5) is 0 Å². The molecule has 17 heavy (non-hydrogen) atoms. The summed E-state index contributed by atoms with van der Waals surface area (Å²) in [7, 11) is 1.87. The molecule has 3 heteroatoms. The van der Waals surface area contributed by atoms with Crippen molar-refractivity contribution in [2.45, 2.75) is 69.6 Å². The molecule has 1 aliphatic heterocycles. The second-order valence-electron chi connectivity index (χ2n) is 5.54. The molecule has 0 aromatic rings. The molecule has 0 spiro atoms. The van der Waals surface area contributed by atoms with Crippen molar-refractivity contribution >= 4 is 15.9 Å². The number of alkyl halides is 1. The Bertz CT molecular complexity index is 224. The van der Waals surface area contributed by atoms with Gasteiger partial charge in [-0.2, -0.15) is 0 Å². The molecule has 2 nitrogen and oxygen atoms in total. The molecule has 0 amide bonds. The van der Waals surface area contributed by atoms with Gasteiger partial charge >= 0.3 is 0 Å². The predicted octanol–water partition coefficient (Wildman–Crippen LogP) is 3.58. The van der Waals surface area contributed by atoms with Gasteiger partial charge in [0.1, 0.15) is 0 Å². The molecule has 1 aliphatic carbocycles. The van der Waals surface area contributed by atoms with Gasteiger partial charge in [0.05, 0.1) is 6.10 Å². The van der Waals surface area contributed by atoms with Crippen molar-refractivity contribution in [1.29, 1.82) is 0 Å². The maximum absolute atomic E-state index is 5.56. The Morgan fingerprint density at radius 2 is 2.12 bits per heavy atom. The Hall–Kier alpha value is 0.400. The average molecular weight is 304 g/mol. The van der Waals surface area contributed by atoms with Crippen LogP contribution in [0.1, 0.15) is 51.4 Å². The lowest BCUT2D eigenvalue weighted by atomic mass is 9.91. The van der Waals surface area contributed by atoms with E-state index in [9.17, 15) is 0 Å². The van der Waals surface area contributed by atoms with E-state index in [0.717, 1.165) is 17.4 Å². The first-order valence-corrected chi connectivity index (χ1v) is 8.31. The summed E-state index contributed by atoms with van der Waals surface area (Å²) in [6, 6.07) is 1.66. The summed E-state index contributed by atoms with van der Waals surface area (Å²) < 4.78 is 5.56. The number of methoxy groups -OCH3 is 1. The van der Waals surface area contributed by atoms with Gasteiger partial charge in [-0.05, 0) is 57.9 Å². The van der Waals surface area contributed by atoms with E-state index >= 15 is 0 Å². The molecule has 0 N–H and O–H groups in total. The van der Waals surface area contributed by atoms with Crippen LogP contribution >= 0.6 is 15.9 Å². The third-order valence-corrected chi connectivity index (χ3v) is 5.06. The fourth-order valence-electron chi connectivity index (χ4n) is 3.60. The molecule has 1 heterocycles. The van der Waals surface area contributed by atoms with Crippen LogP contribution < -0.4 is 0 Å². The summed E-state index contributed by atoms with van der Waals surface area (Å²) in [5.74, 6) is 0. The number of hydrogen-bond donors (Lipinski definition) is 0. The Morgan fingerprint density at radius 3 is 2.88 bits per heavy atom. The van der Waals surface area contributed by atoms with Crippen molar-refractivity contribution < 1.29 is 4.74 Å². The fraction of sp³-hybridized carbons (Fsp3) is 1.00. The summed E-state index contributed by atoms with van der Waals surface area (Å²) in [4.78, 5) is 2.80. The SMILES string of the molecule is COC1CCCC(N2CCCC2CCCBr)C1. The zero-order valence-corrected chi connectivity index (χ0v) is 12.6. The van der Waals surface area contributed by atoms with Gasteiger partial charge in [-0.3, -0.25) is 4.90 Å². The van der Waals surface area contributed by atoms with E-state index in [1.54, 1.807) is 0 Å². The van der Waals surface area contributed by atoms with Gasteiger partial charge in [0.15, 0.2) is 0 Å². The predicted molar refractivity (Wildman–Crippen MR) is 75.8 cm³/mol. The van der Waals surface area contributed by atoms with E-state index in [4.69, 9.17) is 4.74 Å². The summed E-state index contributed by atoms with van der Waals surface area (Å²) >= 11 is 3.55. The summed E-state index contributed by atoms with van der Waals surface area (Å²) in [5, 5.41) is 1.16. The number of ether oxygens (including phenoxy) is 1. The number of nitrogens with zero attached hydrogens (tertiary/aromatic N) is 1. The van der Waals surface area contributed by atoms with Gasteiger partial charge in [-0.15, -0.1) is 0 Å². The van der Waals surface area contributed by atoms with Gasteiger partial charge in [0.25, 0.3) is 0 Å². The molecule has 0 radical (unpaired) electrons. The summed E-state index contributed by atoms with van der Waals surface area (Å²) in [6.07, 6.45) is 11.3. The highest BCUT2D eigenvalue weighted by Gasteiger charge is 2.33. The monoisotopic (exact) mass is 303 g/mol.